The van der Waals surface area contributed by atoms with Gasteiger partial charge in [-0.05, 0) is 24.6 Å². The smallest absolute Gasteiger partial charge is 0.246 e. The summed E-state index contributed by atoms with van der Waals surface area (Å²) in [5.74, 6) is 0.609. The summed E-state index contributed by atoms with van der Waals surface area (Å²) < 4.78 is 5.81. The van der Waals surface area contributed by atoms with Crippen molar-refractivity contribution in [2.75, 3.05) is 32.8 Å². The zero-order chi connectivity index (χ0) is 21.7. The molecule has 0 radical (unpaired) electrons. The molecule has 2 amide bonds. The van der Waals surface area contributed by atoms with Crippen LogP contribution in [-0.4, -0.2) is 59.4 Å². The first-order valence-corrected chi connectivity index (χ1v) is 10.6. The first-order valence-electron chi connectivity index (χ1n) is 10.6. The molecule has 0 unspecified atom stereocenters. The number of aromatic nitrogens is 1. The standard InChI is InChI=1S/C24H31N3O3/c1-5-16-30-22-19(17-18-8-6-7-9-20(18)25-22)10-11-21(28)26-12-14-27(15-13-26)23(29)24(2,3)4/h6-11,17H,5,12-16H2,1-4H3/b11-10+. The van der Waals surface area contributed by atoms with Gasteiger partial charge < -0.3 is 14.5 Å². The Morgan fingerprint density at radius 1 is 1.10 bits per heavy atom. The average Bonchev–Trinajstić information content (AvgIpc) is 2.74. The molecule has 1 saturated heterocycles. The highest BCUT2D eigenvalue weighted by Crippen LogP contribution is 2.24. The topological polar surface area (TPSA) is 62.7 Å². The van der Waals surface area contributed by atoms with Crippen molar-refractivity contribution in [3.8, 4) is 5.88 Å². The highest BCUT2D eigenvalue weighted by molar-refractivity contribution is 5.93. The van der Waals surface area contributed by atoms with E-state index in [-0.39, 0.29) is 11.8 Å². The fourth-order valence-electron chi connectivity index (χ4n) is 3.42. The number of ether oxygens (including phenoxy) is 1. The second kappa shape index (κ2) is 9.28. The largest absolute Gasteiger partial charge is 0.477 e. The fourth-order valence-corrected chi connectivity index (χ4v) is 3.42. The molecular weight excluding hydrogens is 378 g/mol. The van der Waals surface area contributed by atoms with Crippen molar-refractivity contribution in [3.05, 3.63) is 42.0 Å². The van der Waals surface area contributed by atoms with Crippen molar-refractivity contribution in [3.63, 3.8) is 0 Å². The lowest BCUT2D eigenvalue weighted by Crippen LogP contribution is -2.52. The lowest BCUT2D eigenvalue weighted by Gasteiger charge is -2.37. The first-order chi connectivity index (χ1) is 14.3. The molecule has 0 aliphatic carbocycles. The summed E-state index contributed by atoms with van der Waals surface area (Å²) in [6.45, 7) is 10.6. The predicted octanol–water partition coefficient (Wildman–Crippen LogP) is 3.75. The van der Waals surface area contributed by atoms with Gasteiger partial charge in [0.25, 0.3) is 0 Å². The molecule has 30 heavy (non-hydrogen) atoms. The molecule has 0 N–H and O–H groups in total. The molecule has 1 aromatic carbocycles. The summed E-state index contributed by atoms with van der Waals surface area (Å²) in [6.07, 6.45) is 4.24. The van der Waals surface area contributed by atoms with Crippen molar-refractivity contribution in [2.45, 2.75) is 34.1 Å². The van der Waals surface area contributed by atoms with E-state index < -0.39 is 5.41 Å². The van der Waals surface area contributed by atoms with Crippen LogP contribution in [0.1, 0.15) is 39.7 Å². The van der Waals surface area contributed by atoms with Crippen LogP contribution >= 0.6 is 0 Å². The Labute approximate surface area is 178 Å². The van der Waals surface area contributed by atoms with E-state index in [1.807, 2.05) is 62.9 Å². The van der Waals surface area contributed by atoms with Crippen LogP contribution in [0.15, 0.2) is 36.4 Å². The summed E-state index contributed by atoms with van der Waals surface area (Å²) in [6, 6.07) is 9.86. The van der Waals surface area contributed by atoms with Crippen molar-refractivity contribution >= 4 is 28.8 Å². The predicted molar refractivity (Wildman–Crippen MR) is 119 cm³/mol. The third-order valence-corrected chi connectivity index (χ3v) is 5.09. The Balaban J connectivity index is 1.70. The molecular formula is C24H31N3O3. The quantitative estimate of drug-likeness (QED) is 0.706. The minimum atomic E-state index is -0.399. The average molecular weight is 410 g/mol. The van der Waals surface area contributed by atoms with E-state index in [1.54, 1.807) is 17.1 Å². The number of benzene rings is 1. The number of carbonyl (C=O) groups is 2. The van der Waals surface area contributed by atoms with Gasteiger partial charge in [-0.1, -0.05) is 45.9 Å². The highest BCUT2D eigenvalue weighted by Gasteiger charge is 2.30. The first kappa shape index (κ1) is 21.8. The molecule has 2 heterocycles. The number of hydrogen-bond donors (Lipinski definition) is 0. The van der Waals surface area contributed by atoms with Gasteiger partial charge in [0.1, 0.15) is 0 Å². The van der Waals surface area contributed by atoms with Gasteiger partial charge in [0, 0.05) is 48.6 Å². The fraction of sp³-hybridized carbons (Fsp3) is 0.458. The van der Waals surface area contributed by atoms with E-state index in [9.17, 15) is 9.59 Å². The van der Waals surface area contributed by atoms with Crippen LogP contribution in [-0.2, 0) is 9.59 Å². The third-order valence-electron chi connectivity index (χ3n) is 5.09. The van der Waals surface area contributed by atoms with Gasteiger partial charge in [0.15, 0.2) is 0 Å². The molecule has 1 aliphatic rings. The Kier molecular flexibility index (Phi) is 6.75. The number of hydrogen-bond acceptors (Lipinski definition) is 4. The monoisotopic (exact) mass is 409 g/mol. The van der Waals surface area contributed by atoms with Crippen molar-refractivity contribution in [1.29, 1.82) is 0 Å². The van der Waals surface area contributed by atoms with E-state index in [1.165, 1.54) is 0 Å². The maximum Gasteiger partial charge on any atom is 0.246 e. The lowest BCUT2D eigenvalue weighted by molar-refractivity contribution is -0.143. The van der Waals surface area contributed by atoms with E-state index in [0.29, 0.717) is 38.7 Å². The summed E-state index contributed by atoms with van der Waals surface area (Å²) in [5, 5.41) is 1.00. The Morgan fingerprint density at radius 2 is 1.77 bits per heavy atom. The molecule has 2 aromatic rings. The molecule has 0 atom stereocenters. The summed E-state index contributed by atoms with van der Waals surface area (Å²) >= 11 is 0. The maximum absolute atomic E-state index is 12.7. The number of para-hydroxylation sites is 1. The van der Waals surface area contributed by atoms with Gasteiger partial charge in [-0.25, -0.2) is 4.98 Å². The Morgan fingerprint density at radius 3 is 2.43 bits per heavy atom. The SMILES string of the molecule is CCCOc1nc2ccccc2cc1/C=C/C(=O)N1CCN(C(=O)C(C)(C)C)CC1. The molecule has 6 nitrogen and oxygen atoms in total. The van der Waals surface area contributed by atoms with Gasteiger partial charge >= 0.3 is 0 Å². The van der Waals surface area contributed by atoms with E-state index in [2.05, 4.69) is 4.98 Å². The van der Waals surface area contributed by atoms with Crippen LogP contribution in [0.25, 0.3) is 17.0 Å². The van der Waals surface area contributed by atoms with Crippen LogP contribution in [0.3, 0.4) is 0 Å². The molecule has 1 aromatic heterocycles. The number of nitrogens with zero attached hydrogens (tertiary/aromatic N) is 3. The second-order valence-electron chi connectivity index (χ2n) is 8.62. The Hall–Kier alpha value is -2.89. The molecule has 6 heteroatoms. The molecule has 0 bridgehead atoms. The molecule has 160 valence electrons. The second-order valence-corrected chi connectivity index (χ2v) is 8.62. The number of rotatable bonds is 5. The van der Waals surface area contributed by atoms with Crippen LogP contribution < -0.4 is 4.74 Å². The van der Waals surface area contributed by atoms with Crippen LogP contribution in [0.5, 0.6) is 5.88 Å². The minimum Gasteiger partial charge on any atom is -0.477 e. The van der Waals surface area contributed by atoms with Crippen LogP contribution in [0, 0.1) is 5.41 Å². The molecule has 1 aliphatic heterocycles. The van der Waals surface area contributed by atoms with Gasteiger partial charge in [-0.15, -0.1) is 0 Å². The van der Waals surface area contributed by atoms with Gasteiger partial charge in [0.2, 0.25) is 17.7 Å². The van der Waals surface area contributed by atoms with E-state index in [0.717, 1.165) is 22.9 Å². The molecule has 0 saturated carbocycles. The summed E-state index contributed by atoms with van der Waals surface area (Å²) in [5.41, 5.74) is 1.26. The third kappa shape index (κ3) is 5.17. The maximum atomic E-state index is 12.7. The number of piperazine rings is 1. The lowest BCUT2D eigenvalue weighted by atomic mass is 9.94. The number of amides is 2. The van der Waals surface area contributed by atoms with Crippen molar-refractivity contribution in [2.24, 2.45) is 5.41 Å². The van der Waals surface area contributed by atoms with Gasteiger partial charge in [0.05, 0.1) is 12.1 Å². The Bertz CT molecular complexity index is 938. The van der Waals surface area contributed by atoms with Gasteiger partial charge in [-0.3, -0.25) is 9.59 Å². The van der Waals surface area contributed by atoms with E-state index in [4.69, 9.17) is 4.74 Å². The van der Waals surface area contributed by atoms with Gasteiger partial charge in [-0.2, -0.15) is 0 Å². The molecule has 3 rings (SSSR count). The normalized spacial score (nSPS) is 15.1. The molecule has 0 spiro atoms. The van der Waals surface area contributed by atoms with Crippen LogP contribution in [0.4, 0.5) is 0 Å². The number of carbonyl (C=O) groups excluding carboxylic acids is 2. The zero-order valence-electron chi connectivity index (χ0n) is 18.4. The number of fused-ring (bicyclic) bond motifs is 1. The minimum absolute atomic E-state index is 0.0625. The molecule has 1 fully saturated rings. The van der Waals surface area contributed by atoms with Crippen molar-refractivity contribution in [1.82, 2.24) is 14.8 Å². The summed E-state index contributed by atoms with van der Waals surface area (Å²) in [4.78, 5) is 33.4. The summed E-state index contributed by atoms with van der Waals surface area (Å²) in [7, 11) is 0. The highest BCUT2D eigenvalue weighted by atomic mass is 16.5. The van der Waals surface area contributed by atoms with E-state index >= 15 is 0 Å². The van der Waals surface area contributed by atoms with Crippen molar-refractivity contribution < 1.29 is 14.3 Å². The van der Waals surface area contributed by atoms with Crippen LogP contribution in [0.2, 0.25) is 0 Å². The zero-order valence-corrected chi connectivity index (χ0v) is 18.4. The number of pyridine rings is 1.